The maximum Gasteiger partial charge on any atom is 0.191 e. The normalized spacial score (nSPS) is 16.3. The van der Waals surface area contributed by atoms with E-state index in [9.17, 15) is 0 Å². The topological polar surface area (TPSA) is 58.1 Å². The fraction of sp³-hybridized carbons (Fsp3) is 0.588. The van der Waals surface area contributed by atoms with E-state index in [1.165, 1.54) is 11.1 Å². The number of methoxy groups -OCH3 is 1. The molecule has 0 radical (unpaired) electrons. The van der Waals surface area contributed by atoms with Crippen LogP contribution in [0.3, 0.4) is 0 Å². The zero-order valence-corrected chi connectivity index (χ0v) is 14.2. The summed E-state index contributed by atoms with van der Waals surface area (Å²) < 4.78 is 10.4. The van der Waals surface area contributed by atoms with Crippen molar-refractivity contribution in [1.82, 2.24) is 15.5 Å². The molecule has 1 aromatic rings. The van der Waals surface area contributed by atoms with Gasteiger partial charge in [0.05, 0.1) is 19.8 Å². The van der Waals surface area contributed by atoms with Crippen molar-refractivity contribution in [1.29, 1.82) is 0 Å². The Labute approximate surface area is 138 Å². The fourth-order valence-electron chi connectivity index (χ4n) is 2.46. The van der Waals surface area contributed by atoms with Crippen LogP contribution in [0.5, 0.6) is 0 Å². The molecule has 6 nitrogen and oxygen atoms in total. The standard InChI is InChI=1S/C17H28N4O2/c1-18-17(19-7-10-22-2)20-13-15-3-5-16(6-4-15)14-21-8-11-23-12-9-21/h3-6H,7-14H2,1-2H3,(H2,18,19,20). The van der Waals surface area contributed by atoms with Crippen molar-refractivity contribution in [3.05, 3.63) is 35.4 Å². The van der Waals surface area contributed by atoms with Crippen LogP contribution in [0, 0.1) is 0 Å². The van der Waals surface area contributed by atoms with Crippen molar-refractivity contribution in [3.63, 3.8) is 0 Å². The molecule has 0 unspecified atom stereocenters. The largest absolute Gasteiger partial charge is 0.383 e. The second-order valence-corrected chi connectivity index (χ2v) is 5.55. The van der Waals surface area contributed by atoms with Crippen molar-refractivity contribution in [2.24, 2.45) is 4.99 Å². The summed E-state index contributed by atoms with van der Waals surface area (Å²) >= 11 is 0. The van der Waals surface area contributed by atoms with Crippen molar-refractivity contribution in [2.45, 2.75) is 13.1 Å². The quantitative estimate of drug-likeness (QED) is 0.443. The smallest absolute Gasteiger partial charge is 0.191 e. The summed E-state index contributed by atoms with van der Waals surface area (Å²) in [7, 11) is 3.46. The van der Waals surface area contributed by atoms with E-state index >= 15 is 0 Å². The molecule has 0 atom stereocenters. The first-order chi connectivity index (χ1) is 11.3. The van der Waals surface area contributed by atoms with E-state index in [-0.39, 0.29) is 0 Å². The molecule has 0 saturated carbocycles. The summed E-state index contributed by atoms with van der Waals surface area (Å²) in [5.41, 5.74) is 2.59. The molecule has 2 N–H and O–H groups in total. The number of hydrogen-bond donors (Lipinski definition) is 2. The van der Waals surface area contributed by atoms with Crippen LogP contribution in [0.1, 0.15) is 11.1 Å². The molecule has 23 heavy (non-hydrogen) atoms. The number of rotatable bonds is 7. The lowest BCUT2D eigenvalue weighted by atomic mass is 10.1. The molecule has 1 aliphatic rings. The van der Waals surface area contributed by atoms with Crippen molar-refractivity contribution >= 4 is 5.96 Å². The van der Waals surface area contributed by atoms with Crippen LogP contribution in [0.15, 0.2) is 29.3 Å². The van der Waals surface area contributed by atoms with Crippen molar-refractivity contribution < 1.29 is 9.47 Å². The summed E-state index contributed by atoms with van der Waals surface area (Å²) in [6.07, 6.45) is 0. The highest BCUT2D eigenvalue weighted by molar-refractivity contribution is 5.79. The number of guanidine groups is 1. The third-order valence-corrected chi connectivity index (χ3v) is 3.82. The van der Waals surface area contributed by atoms with E-state index in [4.69, 9.17) is 9.47 Å². The maximum atomic E-state index is 5.38. The second-order valence-electron chi connectivity index (χ2n) is 5.55. The van der Waals surface area contributed by atoms with Gasteiger partial charge in [0.25, 0.3) is 0 Å². The number of ether oxygens (including phenoxy) is 2. The third kappa shape index (κ3) is 6.56. The molecule has 1 fully saturated rings. The Kier molecular flexibility index (Phi) is 7.86. The average Bonchev–Trinajstić information content (AvgIpc) is 2.60. The lowest BCUT2D eigenvalue weighted by Gasteiger charge is -2.26. The number of nitrogens with one attached hydrogen (secondary N) is 2. The van der Waals surface area contributed by atoms with E-state index in [0.29, 0.717) is 6.61 Å². The summed E-state index contributed by atoms with van der Waals surface area (Å²) in [6.45, 7) is 6.89. The van der Waals surface area contributed by atoms with Gasteiger partial charge in [0.1, 0.15) is 0 Å². The molecule has 2 rings (SSSR count). The van der Waals surface area contributed by atoms with Gasteiger partial charge in [-0.2, -0.15) is 0 Å². The Hall–Kier alpha value is -1.63. The summed E-state index contributed by atoms with van der Waals surface area (Å²) in [5.74, 6) is 0.791. The van der Waals surface area contributed by atoms with Crippen LogP contribution < -0.4 is 10.6 Å². The number of hydrogen-bond acceptors (Lipinski definition) is 4. The number of nitrogens with zero attached hydrogens (tertiary/aromatic N) is 2. The lowest BCUT2D eigenvalue weighted by molar-refractivity contribution is 0.0342. The summed E-state index contributed by atoms with van der Waals surface area (Å²) in [4.78, 5) is 6.62. The molecule has 0 spiro atoms. The van der Waals surface area contributed by atoms with Gasteiger partial charge in [0.15, 0.2) is 5.96 Å². The van der Waals surface area contributed by atoms with Crippen LogP contribution in [0.25, 0.3) is 0 Å². The molecular weight excluding hydrogens is 292 g/mol. The number of aliphatic imine (C=N–C) groups is 1. The van der Waals surface area contributed by atoms with E-state index in [1.54, 1.807) is 14.2 Å². The zero-order chi connectivity index (χ0) is 16.3. The SMILES string of the molecule is CN=C(NCCOC)NCc1ccc(CN2CCOCC2)cc1. The highest BCUT2D eigenvalue weighted by Crippen LogP contribution is 2.09. The Morgan fingerprint density at radius 2 is 1.87 bits per heavy atom. The molecule has 6 heteroatoms. The molecule has 1 saturated heterocycles. The first kappa shape index (κ1) is 17.7. The highest BCUT2D eigenvalue weighted by atomic mass is 16.5. The third-order valence-electron chi connectivity index (χ3n) is 3.82. The predicted octanol–water partition coefficient (Wildman–Crippen LogP) is 0.830. The van der Waals surface area contributed by atoms with Crippen molar-refractivity contribution in [2.75, 3.05) is 53.6 Å². The molecule has 0 aromatic heterocycles. The van der Waals surface area contributed by atoms with Gasteiger partial charge in [-0.05, 0) is 11.1 Å². The van der Waals surface area contributed by atoms with Gasteiger partial charge >= 0.3 is 0 Å². The number of morpholine rings is 1. The highest BCUT2D eigenvalue weighted by Gasteiger charge is 2.10. The van der Waals surface area contributed by atoms with Gasteiger partial charge in [-0.3, -0.25) is 9.89 Å². The molecule has 1 aromatic carbocycles. The molecule has 1 heterocycles. The monoisotopic (exact) mass is 320 g/mol. The first-order valence-corrected chi connectivity index (χ1v) is 8.13. The molecule has 0 bridgehead atoms. The van der Waals surface area contributed by atoms with Gasteiger partial charge in [-0.25, -0.2) is 0 Å². The zero-order valence-electron chi connectivity index (χ0n) is 14.2. The van der Waals surface area contributed by atoms with Gasteiger partial charge < -0.3 is 20.1 Å². The van der Waals surface area contributed by atoms with Crippen LogP contribution in [-0.2, 0) is 22.6 Å². The van der Waals surface area contributed by atoms with Gasteiger partial charge in [-0.15, -0.1) is 0 Å². The minimum atomic E-state index is 0.664. The molecule has 128 valence electrons. The molecule has 0 amide bonds. The van der Waals surface area contributed by atoms with Crippen LogP contribution in [-0.4, -0.2) is 64.5 Å². The predicted molar refractivity (Wildman–Crippen MR) is 92.6 cm³/mol. The van der Waals surface area contributed by atoms with E-state index in [1.807, 2.05) is 0 Å². The van der Waals surface area contributed by atoms with Crippen LogP contribution >= 0.6 is 0 Å². The van der Waals surface area contributed by atoms with Crippen LogP contribution in [0.4, 0.5) is 0 Å². The Bertz CT molecular complexity index is 470. The minimum absolute atomic E-state index is 0.664. The van der Waals surface area contributed by atoms with Crippen LogP contribution in [0.2, 0.25) is 0 Å². The van der Waals surface area contributed by atoms with E-state index in [2.05, 4.69) is 44.8 Å². The Balaban J connectivity index is 1.75. The Morgan fingerprint density at radius 1 is 1.17 bits per heavy atom. The summed E-state index contributed by atoms with van der Waals surface area (Å²) in [5, 5.41) is 6.50. The molecule has 1 aliphatic heterocycles. The number of benzene rings is 1. The second kappa shape index (κ2) is 10.2. The molecule has 0 aliphatic carbocycles. The summed E-state index contributed by atoms with van der Waals surface area (Å²) in [6, 6.07) is 8.75. The first-order valence-electron chi connectivity index (χ1n) is 8.13. The fourth-order valence-corrected chi connectivity index (χ4v) is 2.46. The van der Waals surface area contributed by atoms with E-state index < -0.39 is 0 Å². The van der Waals surface area contributed by atoms with Crippen molar-refractivity contribution in [3.8, 4) is 0 Å². The molecular formula is C17H28N4O2. The van der Waals surface area contributed by atoms with E-state index in [0.717, 1.165) is 51.9 Å². The Morgan fingerprint density at radius 3 is 2.52 bits per heavy atom. The minimum Gasteiger partial charge on any atom is -0.383 e. The van der Waals surface area contributed by atoms with Gasteiger partial charge in [-0.1, -0.05) is 24.3 Å². The lowest BCUT2D eigenvalue weighted by Crippen LogP contribution is -2.38. The van der Waals surface area contributed by atoms with Gasteiger partial charge in [0, 0.05) is 46.9 Å². The maximum absolute atomic E-state index is 5.38. The van der Waals surface area contributed by atoms with Gasteiger partial charge in [0.2, 0.25) is 0 Å². The average molecular weight is 320 g/mol.